The first kappa shape index (κ1) is 14.5. The number of nitro benzene ring substituents is 1. The predicted molar refractivity (Wildman–Crippen MR) is 95.2 cm³/mol. The molecule has 0 spiro atoms. The van der Waals surface area contributed by atoms with Crippen LogP contribution in [0.4, 0.5) is 5.69 Å². The molecule has 0 aromatic heterocycles. The monoisotopic (exact) mass is 317 g/mol. The summed E-state index contributed by atoms with van der Waals surface area (Å²) >= 11 is 0. The number of methoxy groups -OCH3 is 1. The van der Waals surface area contributed by atoms with Crippen LogP contribution in [0.5, 0.6) is 5.75 Å². The molecule has 0 aliphatic heterocycles. The second-order valence-electron chi connectivity index (χ2n) is 5.85. The van der Waals surface area contributed by atoms with E-state index in [0.29, 0.717) is 5.39 Å². The average Bonchev–Trinajstić information content (AvgIpc) is 2.95. The number of hydrogen-bond acceptors (Lipinski definition) is 3. The van der Waals surface area contributed by atoms with Crippen LogP contribution in [0.15, 0.2) is 54.6 Å². The van der Waals surface area contributed by atoms with Crippen LogP contribution in [0.1, 0.15) is 16.7 Å². The Balaban J connectivity index is 1.85. The van der Waals surface area contributed by atoms with E-state index in [-0.39, 0.29) is 10.6 Å². The third kappa shape index (κ3) is 2.24. The Labute approximate surface area is 139 Å². The van der Waals surface area contributed by atoms with Crippen molar-refractivity contribution in [1.82, 2.24) is 0 Å². The van der Waals surface area contributed by atoms with Gasteiger partial charge in [0.2, 0.25) is 0 Å². The number of rotatable bonds is 3. The summed E-state index contributed by atoms with van der Waals surface area (Å²) in [5.74, 6) is 0.824. The molecule has 0 N–H and O–H groups in total. The van der Waals surface area contributed by atoms with Crippen molar-refractivity contribution in [2.24, 2.45) is 0 Å². The first-order chi connectivity index (χ1) is 11.7. The van der Waals surface area contributed by atoms with E-state index in [1.54, 1.807) is 13.2 Å². The van der Waals surface area contributed by atoms with Crippen molar-refractivity contribution < 1.29 is 9.66 Å². The quantitative estimate of drug-likeness (QED) is 0.512. The van der Waals surface area contributed by atoms with Crippen LogP contribution < -0.4 is 4.74 Å². The van der Waals surface area contributed by atoms with E-state index in [4.69, 9.17) is 4.74 Å². The number of allylic oxidation sites excluding steroid dienone is 1. The molecule has 0 fully saturated rings. The molecule has 3 aromatic carbocycles. The lowest BCUT2D eigenvalue weighted by atomic mass is 10.0. The maximum Gasteiger partial charge on any atom is 0.277 e. The van der Waals surface area contributed by atoms with Gasteiger partial charge in [0.05, 0.1) is 17.4 Å². The maximum atomic E-state index is 11.3. The molecule has 0 radical (unpaired) electrons. The fraction of sp³-hybridized carbons (Fsp3) is 0.100. The Hall–Kier alpha value is -3.14. The highest BCUT2D eigenvalue weighted by molar-refractivity contribution is 6.08. The maximum absolute atomic E-state index is 11.3. The van der Waals surface area contributed by atoms with E-state index < -0.39 is 0 Å². The molecule has 0 amide bonds. The highest BCUT2D eigenvalue weighted by atomic mass is 16.6. The molecule has 0 saturated heterocycles. The van der Waals surface area contributed by atoms with Crippen molar-refractivity contribution in [1.29, 1.82) is 0 Å². The lowest BCUT2D eigenvalue weighted by Crippen LogP contribution is -1.90. The van der Waals surface area contributed by atoms with E-state index in [1.807, 2.05) is 48.5 Å². The van der Waals surface area contributed by atoms with E-state index >= 15 is 0 Å². The Morgan fingerprint density at radius 1 is 1.08 bits per heavy atom. The number of hydrogen-bond donors (Lipinski definition) is 0. The molecular formula is C20H15NO3. The lowest BCUT2D eigenvalue weighted by molar-refractivity contribution is -0.383. The molecule has 3 aromatic rings. The van der Waals surface area contributed by atoms with Gasteiger partial charge in [-0.25, -0.2) is 0 Å². The van der Waals surface area contributed by atoms with Crippen LogP contribution in [-0.4, -0.2) is 12.0 Å². The normalized spacial score (nSPS) is 14.3. The number of benzene rings is 3. The SMILES string of the molecule is COc1ccc(/C=C2\Cc3cccc4c([N+](=O)[O-])ccc2c34)cc1. The van der Waals surface area contributed by atoms with E-state index in [0.717, 1.165) is 34.2 Å². The molecule has 0 heterocycles. The van der Waals surface area contributed by atoms with Gasteiger partial charge in [-0.1, -0.05) is 30.3 Å². The molecule has 118 valence electrons. The topological polar surface area (TPSA) is 52.4 Å². The zero-order valence-electron chi connectivity index (χ0n) is 13.2. The Morgan fingerprint density at radius 3 is 2.58 bits per heavy atom. The second kappa shape index (κ2) is 5.49. The van der Waals surface area contributed by atoms with E-state index in [1.165, 1.54) is 5.57 Å². The Morgan fingerprint density at radius 2 is 1.88 bits per heavy atom. The Kier molecular flexibility index (Phi) is 3.31. The van der Waals surface area contributed by atoms with Crippen molar-refractivity contribution >= 4 is 28.1 Å². The van der Waals surface area contributed by atoms with Crippen LogP contribution in [0.2, 0.25) is 0 Å². The van der Waals surface area contributed by atoms with Gasteiger partial charge in [0, 0.05) is 6.07 Å². The van der Waals surface area contributed by atoms with Gasteiger partial charge < -0.3 is 4.74 Å². The van der Waals surface area contributed by atoms with E-state index in [9.17, 15) is 10.1 Å². The highest BCUT2D eigenvalue weighted by Gasteiger charge is 2.23. The molecule has 4 nitrogen and oxygen atoms in total. The molecule has 24 heavy (non-hydrogen) atoms. The third-order valence-electron chi connectivity index (χ3n) is 4.48. The second-order valence-corrected chi connectivity index (χ2v) is 5.85. The molecule has 0 unspecified atom stereocenters. The molecule has 0 bridgehead atoms. The minimum Gasteiger partial charge on any atom is -0.497 e. The number of nitrogens with zero attached hydrogens (tertiary/aromatic N) is 1. The van der Waals surface area contributed by atoms with Gasteiger partial charge in [-0.05, 0) is 58.3 Å². The van der Waals surface area contributed by atoms with Gasteiger partial charge in [0.25, 0.3) is 5.69 Å². The van der Waals surface area contributed by atoms with Crippen molar-refractivity contribution in [3.05, 3.63) is 81.4 Å². The third-order valence-corrected chi connectivity index (χ3v) is 4.48. The summed E-state index contributed by atoms with van der Waals surface area (Å²) in [6, 6.07) is 17.1. The largest absolute Gasteiger partial charge is 0.497 e. The molecule has 0 atom stereocenters. The van der Waals surface area contributed by atoms with Crippen LogP contribution in [-0.2, 0) is 6.42 Å². The summed E-state index contributed by atoms with van der Waals surface area (Å²) in [4.78, 5) is 11.0. The van der Waals surface area contributed by atoms with Crippen molar-refractivity contribution in [2.75, 3.05) is 7.11 Å². The fourth-order valence-electron chi connectivity index (χ4n) is 3.37. The minimum atomic E-state index is -0.311. The summed E-state index contributed by atoms with van der Waals surface area (Å²) in [5.41, 5.74) is 4.67. The van der Waals surface area contributed by atoms with Crippen molar-refractivity contribution in [3.8, 4) is 5.75 Å². The van der Waals surface area contributed by atoms with Crippen LogP contribution >= 0.6 is 0 Å². The standard InChI is InChI=1S/C20H15NO3/c1-24-16-7-5-13(6-8-16)11-15-12-14-3-2-4-18-19(21(22)23)10-9-17(15)20(14)18/h2-11H,12H2,1H3/b15-11+. The van der Waals surface area contributed by atoms with Gasteiger partial charge in [-0.2, -0.15) is 0 Å². The summed E-state index contributed by atoms with van der Waals surface area (Å²) in [7, 11) is 1.65. The first-order valence-corrected chi connectivity index (χ1v) is 7.71. The van der Waals surface area contributed by atoms with E-state index in [2.05, 4.69) is 6.08 Å². The molecule has 4 rings (SSSR count). The summed E-state index contributed by atoms with van der Waals surface area (Å²) in [6.45, 7) is 0. The average molecular weight is 317 g/mol. The molecule has 1 aliphatic rings. The van der Waals surface area contributed by atoms with Gasteiger partial charge in [-0.3, -0.25) is 10.1 Å². The van der Waals surface area contributed by atoms with Crippen molar-refractivity contribution in [2.45, 2.75) is 6.42 Å². The van der Waals surface area contributed by atoms with Gasteiger partial charge in [0.1, 0.15) is 5.75 Å². The number of non-ortho nitro benzene ring substituents is 1. The predicted octanol–water partition coefficient (Wildman–Crippen LogP) is 4.85. The smallest absolute Gasteiger partial charge is 0.277 e. The first-order valence-electron chi connectivity index (χ1n) is 7.71. The molecular weight excluding hydrogens is 302 g/mol. The number of ether oxygens (including phenoxy) is 1. The zero-order valence-corrected chi connectivity index (χ0v) is 13.2. The van der Waals surface area contributed by atoms with Crippen molar-refractivity contribution in [3.63, 3.8) is 0 Å². The molecule has 1 aliphatic carbocycles. The van der Waals surface area contributed by atoms with Gasteiger partial charge in [-0.15, -0.1) is 0 Å². The van der Waals surface area contributed by atoms with Crippen LogP contribution in [0.3, 0.4) is 0 Å². The lowest BCUT2D eigenvalue weighted by Gasteiger charge is -2.04. The fourth-order valence-corrected chi connectivity index (χ4v) is 3.37. The number of nitro groups is 1. The Bertz CT molecular complexity index is 988. The zero-order chi connectivity index (χ0) is 16.7. The van der Waals surface area contributed by atoms with Crippen LogP contribution in [0, 0.1) is 10.1 Å². The molecule has 4 heteroatoms. The molecule has 0 saturated carbocycles. The summed E-state index contributed by atoms with van der Waals surface area (Å²) < 4.78 is 5.19. The van der Waals surface area contributed by atoms with Gasteiger partial charge in [0.15, 0.2) is 0 Å². The highest BCUT2D eigenvalue weighted by Crippen LogP contribution is 2.41. The summed E-state index contributed by atoms with van der Waals surface area (Å²) in [5, 5.41) is 13.0. The summed E-state index contributed by atoms with van der Waals surface area (Å²) in [6.07, 6.45) is 2.93. The minimum absolute atomic E-state index is 0.168. The van der Waals surface area contributed by atoms with Crippen LogP contribution in [0.25, 0.3) is 22.4 Å². The van der Waals surface area contributed by atoms with Gasteiger partial charge >= 0.3 is 0 Å².